The summed E-state index contributed by atoms with van der Waals surface area (Å²) in [6.45, 7) is 2.74. The molecule has 8 nitrogen and oxygen atoms in total. The first-order chi connectivity index (χ1) is 14.3. The van der Waals surface area contributed by atoms with Crippen LogP contribution in [0.1, 0.15) is 49.4 Å². The molecule has 1 aliphatic carbocycles. The fourth-order valence-electron chi connectivity index (χ4n) is 4.23. The van der Waals surface area contributed by atoms with Crippen LogP contribution in [0.25, 0.3) is 0 Å². The molecule has 0 aromatic heterocycles. The summed E-state index contributed by atoms with van der Waals surface area (Å²) in [4.78, 5) is 37.5. The summed E-state index contributed by atoms with van der Waals surface area (Å²) in [5.41, 5.74) is 0.271. The van der Waals surface area contributed by atoms with E-state index in [2.05, 4.69) is 17.6 Å². The van der Waals surface area contributed by atoms with Crippen LogP contribution in [-0.2, 0) is 14.3 Å². The number of phenolic OH excluding ortho intramolecular Hbond substituents is 1. The second-order valence-electron chi connectivity index (χ2n) is 8.56. The molecular formula is C22H30N2O6. The molecule has 1 aromatic rings. The first-order valence-corrected chi connectivity index (χ1v) is 10.4. The molecule has 3 N–H and O–H groups in total. The molecule has 2 amide bonds. The Morgan fingerprint density at radius 2 is 2.07 bits per heavy atom. The molecule has 2 atom stereocenters. The third-order valence-electron chi connectivity index (χ3n) is 6.11. The van der Waals surface area contributed by atoms with Crippen molar-refractivity contribution in [2.45, 2.75) is 45.1 Å². The smallest absolute Gasteiger partial charge is 0.252 e. The average Bonchev–Trinajstić information content (AvgIpc) is 3.34. The molecular weight excluding hydrogens is 388 g/mol. The highest BCUT2D eigenvalue weighted by Crippen LogP contribution is 2.41. The number of carbonyl (C=O) groups is 3. The maximum Gasteiger partial charge on any atom is 0.252 e. The van der Waals surface area contributed by atoms with E-state index >= 15 is 0 Å². The third kappa shape index (κ3) is 5.30. The zero-order valence-electron chi connectivity index (χ0n) is 17.5. The molecule has 0 radical (unpaired) electrons. The first-order valence-electron chi connectivity index (χ1n) is 10.4. The fourth-order valence-corrected chi connectivity index (χ4v) is 4.23. The molecule has 2 fully saturated rings. The van der Waals surface area contributed by atoms with E-state index < -0.39 is 11.9 Å². The number of ether oxygens (including phenoxy) is 2. The number of methoxy groups -OCH3 is 1. The maximum absolute atomic E-state index is 12.9. The number of ketones is 1. The van der Waals surface area contributed by atoms with Gasteiger partial charge in [-0.2, -0.15) is 0 Å². The maximum atomic E-state index is 12.9. The van der Waals surface area contributed by atoms with Crippen molar-refractivity contribution in [3.63, 3.8) is 0 Å². The number of nitrogens with one attached hydrogen (secondary N) is 2. The van der Waals surface area contributed by atoms with Gasteiger partial charge >= 0.3 is 0 Å². The number of Topliss-reactive ketones (excluding diaryl/α,β-unsaturated/α-hetero) is 1. The highest BCUT2D eigenvalue weighted by molar-refractivity contribution is 5.98. The van der Waals surface area contributed by atoms with E-state index in [1.807, 2.05) is 0 Å². The minimum absolute atomic E-state index is 0.0187. The van der Waals surface area contributed by atoms with Gasteiger partial charge in [0, 0.05) is 12.1 Å². The predicted molar refractivity (Wildman–Crippen MR) is 109 cm³/mol. The first kappa shape index (κ1) is 22.1. The van der Waals surface area contributed by atoms with E-state index in [-0.39, 0.29) is 47.7 Å². The lowest BCUT2D eigenvalue weighted by molar-refractivity contribution is -0.124. The molecule has 1 saturated heterocycles. The zero-order valence-corrected chi connectivity index (χ0v) is 17.5. The van der Waals surface area contributed by atoms with Crippen LogP contribution in [0.2, 0.25) is 0 Å². The third-order valence-corrected chi connectivity index (χ3v) is 6.11. The monoisotopic (exact) mass is 418 g/mol. The van der Waals surface area contributed by atoms with Gasteiger partial charge in [-0.1, -0.05) is 19.8 Å². The Balaban J connectivity index is 1.70. The summed E-state index contributed by atoms with van der Waals surface area (Å²) >= 11 is 0. The molecule has 1 aliphatic heterocycles. The SMILES string of the molecule is COc1cc(C(=O)N[C@@H](CC2(C)CCCC2)C(=O)NCC2COCC2=O)ccc1O. The second kappa shape index (κ2) is 9.47. The summed E-state index contributed by atoms with van der Waals surface area (Å²) in [6, 6.07) is 3.57. The lowest BCUT2D eigenvalue weighted by Crippen LogP contribution is -2.50. The van der Waals surface area contributed by atoms with Crippen molar-refractivity contribution >= 4 is 17.6 Å². The predicted octanol–water partition coefficient (Wildman–Crippen LogP) is 1.80. The number of phenols is 1. The molecule has 1 aromatic carbocycles. The molecule has 1 saturated carbocycles. The highest BCUT2D eigenvalue weighted by atomic mass is 16.5. The van der Waals surface area contributed by atoms with Gasteiger partial charge in [-0.05, 0) is 42.9 Å². The van der Waals surface area contributed by atoms with Crippen LogP contribution in [0.15, 0.2) is 18.2 Å². The van der Waals surface area contributed by atoms with E-state index in [4.69, 9.17) is 9.47 Å². The lowest BCUT2D eigenvalue weighted by Gasteiger charge is -2.29. The van der Waals surface area contributed by atoms with Crippen molar-refractivity contribution in [2.75, 3.05) is 26.9 Å². The standard InChI is InChI=1S/C22H30N2O6/c1-22(7-3-4-8-22)10-16(21(28)23-11-15-12-30-13-18(15)26)24-20(27)14-5-6-17(25)19(9-14)29-2/h5-6,9,15-16,25H,3-4,7-8,10-13H2,1-2H3,(H,23,28)(H,24,27)/t15?,16-/m0/s1. The van der Waals surface area contributed by atoms with Crippen molar-refractivity contribution in [1.29, 1.82) is 0 Å². The van der Waals surface area contributed by atoms with E-state index in [0.717, 1.165) is 25.7 Å². The Morgan fingerprint density at radius 3 is 2.70 bits per heavy atom. The van der Waals surface area contributed by atoms with Crippen LogP contribution >= 0.6 is 0 Å². The second-order valence-corrected chi connectivity index (χ2v) is 8.56. The van der Waals surface area contributed by atoms with Gasteiger partial charge in [0.05, 0.1) is 19.6 Å². The minimum Gasteiger partial charge on any atom is -0.504 e. The van der Waals surface area contributed by atoms with Gasteiger partial charge in [-0.25, -0.2) is 0 Å². The van der Waals surface area contributed by atoms with E-state index in [1.165, 1.54) is 25.3 Å². The summed E-state index contributed by atoms with van der Waals surface area (Å²) in [7, 11) is 1.40. The Kier molecular flexibility index (Phi) is 6.97. The van der Waals surface area contributed by atoms with Gasteiger partial charge in [0.2, 0.25) is 5.91 Å². The Hall–Kier alpha value is -2.61. The van der Waals surface area contributed by atoms with E-state index in [0.29, 0.717) is 18.6 Å². The minimum atomic E-state index is -0.724. The summed E-state index contributed by atoms with van der Waals surface area (Å²) in [6.07, 6.45) is 4.77. The number of rotatable bonds is 8. The van der Waals surface area contributed by atoms with Crippen molar-refractivity contribution in [2.24, 2.45) is 11.3 Å². The number of hydrogen-bond donors (Lipinski definition) is 3. The van der Waals surface area contributed by atoms with Crippen LogP contribution in [0.3, 0.4) is 0 Å². The Bertz CT molecular complexity index is 803. The van der Waals surface area contributed by atoms with Gasteiger partial charge in [-0.15, -0.1) is 0 Å². The van der Waals surface area contributed by atoms with Crippen LogP contribution in [-0.4, -0.2) is 55.6 Å². The summed E-state index contributed by atoms with van der Waals surface area (Å²) in [5.74, 6) is -0.961. The topological polar surface area (TPSA) is 114 Å². The lowest BCUT2D eigenvalue weighted by atomic mass is 9.81. The van der Waals surface area contributed by atoms with Crippen LogP contribution < -0.4 is 15.4 Å². The van der Waals surface area contributed by atoms with Crippen molar-refractivity contribution in [3.05, 3.63) is 23.8 Å². The molecule has 164 valence electrons. The van der Waals surface area contributed by atoms with Gasteiger partial charge in [0.25, 0.3) is 5.91 Å². The molecule has 2 aliphatic rings. The van der Waals surface area contributed by atoms with Crippen molar-refractivity contribution in [1.82, 2.24) is 10.6 Å². The highest BCUT2D eigenvalue weighted by Gasteiger charge is 2.35. The number of aromatic hydroxyl groups is 1. The average molecular weight is 418 g/mol. The Labute approximate surface area is 176 Å². The van der Waals surface area contributed by atoms with E-state index in [9.17, 15) is 19.5 Å². The molecule has 1 unspecified atom stereocenters. The quantitative estimate of drug-likeness (QED) is 0.593. The summed E-state index contributed by atoms with van der Waals surface area (Å²) < 4.78 is 10.2. The van der Waals surface area contributed by atoms with Crippen LogP contribution in [0.5, 0.6) is 11.5 Å². The number of carbonyl (C=O) groups excluding carboxylic acids is 3. The number of benzene rings is 1. The van der Waals surface area contributed by atoms with E-state index in [1.54, 1.807) is 0 Å². The molecule has 0 bridgehead atoms. The Morgan fingerprint density at radius 1 is 1.33 bits per heavy atom. The van der Waals surface area contributed by atoms with Crippen molar-refractivity contribution < 1.29 is 29.0 Å². The van der Waals surface area contributed by atoms with Gasteiger partial charge < -0.3 is 25.2 Å². The molecule has 8 heteroatoms. The summed E-state index contributed by atoms with van der Waals surface area (Å²) in [5, 5.41) is 15.4. The molecule has 30 heavy (non-hydrogen) atoms. The largest absolute Gasteiger partial charge is 0.504 e. The van der Waals surface area contributed by atoms with Crippen LogP contribution in [0, 0.1) is 11.3 Å². The van der Waals surface area contributed by atoms with Crippen molar-refractivity contribution in [3.8, 4) is 11.5 Å². The van der Waals surface area contributed by atoms with Gasteiger partial charge in [0.1, 0.15) is 12.6 Å². The molecule has 1 heterocycles. The normalized spacial score (nSPS) is 21.3. The zero-order chi connectivity index (χ0) is 21.7. The van der Waals surface area contributed by atoms with Crippen LogP contribution in [0.4, 0.5) is 0 Å². The van der Waals surface area contributed by atoms with Gasteiger partial charge in [0.15, 0.2) is 17.3 Å². The molecule has 0 spiro atoms. The number of amides is 2. The molecule has 3 rings (SSSR count). The van der Waals surface area contributed by atoms with Gasteiger partial charge in [-0.3, -0.25) is 14.4 Å². The fraction of sp³-hybridized carbons (Fsp3) is 0.591. The number of hydrogen-bond acceptors (Lipinski definition) is 6.